The number of aromatic nitrogens is 1. The van der Waals surface area contributed by atoms with Crippen molar-refractivity contribution in [3.8, 4) is 0 Å². The van der Waals surface area contributed by atoms with E-state index in [1.165, 1.54) is 0 Å². The number of rotatable bonds is 3. The second kappa shape index (κ2) is 6.96. The molecular weight excluding hydrogens is 350 g/mol. The van der Waals surface area contributed by atoms with E-state index in [4.69, 9.17) is 0 Å². The molecule has 0 unspecified atom stereocenters. The van der Waals surface area contributed by atoms with Gasteiger partial charge in [-0.3, -0.25) is 14.7 Å². The van der Waals surface area contributed by atoms with Crippen LogP contribution in [0.5, 0.6) is 0 Å². The van der Waals surface area contributed by atoms with Gasteiger partial charge in [0.25, 0.3) is 5.91 Å². The molecule has 0 aliphatic carbocycles. The van der Waals surface area contributed by atoms with E-state index in [2.05, 4.69) is 15.2 Å². The number of carbonyl (C=O) groups excluding carboxylic acids is 1. The van der Waals surface area contributed by atoms with Crippen LogP contribution in [0.15, 0.2) is 36.5 Å². The summed E-state index contributed by atoms with van der Waals surface area (Å²) in [5.41, 5.74) is 0.465. The smallest absolute Gasteiger partial charge is 0.270 e. The summed E-state index contributed by atoms with van der Waals surface area (Å²) in [6.45, 7) is 1.65. The number of hydrogen-bond donors (Lipinski definition) is 1. The minimum atomic E-state index is -2.85. The van der Waals surface area contributed by atoms with Gasteiger partial charge in [0, 0.05) is 36.8 Å². The minimum Gasteiger partial charge on any atom is -0.348 e. The van der Waals surface area contributed by atoms with Gasteiger partial charge in [-0.2, -0.15) is 0 Å². The Hall–Kier alpha value is -1.99. The Bertz CT molecular complexity index is 915. The van der Waals surface area contributed by atoms with Gasteiger partial charge in [-0.1, -0.05) is 24.3 Å². The number of nitrogens with one attached hydrogen (secondary N) is 1. The minimum absolute atomic E-state index is 0.109. The number of likely N-dealkylation sites (tertiary alicyclic amines) is 1. The van der Waals surface area contributed by atoms with Crippen LogP contribution in [0.3, 0.4) is 0 Å². The van der Waals surface area contributed by atoms with Gasteiger partial charge in [0.2, 0.25) is 0 Å². The number of hydrogen-bond acceptors (Lipinski definition) is 5. The Balaban J connectivity index is 1.38. The van der Waals surface area contributed by atoms with E-state index >= 15 is 0 Å². The molecule has 2 aromatic rings. The monoisotopic (exact) mass is 373 g/mol. The van der Waals surface area contributed by atoms with Crippen LogP contribution in [0.4, 0.5) is 0 Å². The van der Waals surface area contributed by atoms with Gasteiger partial charge in [0.1, 0.15) is 5.69 Å². The maximum absolute atomic E-state index is 12.7. The van der Waals surface area contributed by atoms with E-state index in [-0.39, 0.29) is 23.7 Å². The Labute approximate surface area is 153 Å². The van der Waals surface area contributed by atoms with Crippen LogP contribution in [0, 0.1) is 0 Å². The summed E-state index contributed by atoms with van der Waals surface area (Å²) >= 11 is 0. The first kappa shape index (κ1) is 17.4. The number of nitrogens with zero attached hydrogens (tertiary/aromatic N) is 2. The van der Waals surface area contributed by atoms with Crippen molar-refractivity contribution in [1.29, 1.82) is 0 Å². The van der Waals surface area contributed by atoms with Gasteiger partial charge < -0.3 is 5.32 Å². The fourth-order valence-electron chi connectivity index (χ4n) is 4.03. The van der Waals surface area contributed by atoms with Crippen LogP contribution in [0.25, 0.3) is 10.8 Å². The molecule has 1 N–H and O–H groups in total. The van der Waals surface area contributed by atoms with Gasteiger partial charge in [0.15, 0.2) is 9.84 Å². The summed E-state index contributed by atoms with van der Waals surface area (Å²) in [7, 11) is -2.85. The molecule has 0 radical (unpaired) electrons. The number of benzene rings is 1. The van der Waals surface area contributed by atoms with Crippen molar-refractivity contribution in [1.82, 2.24) is 15.2 Å². The van der Waals surface area contributed by atoms with Crippen molar-refractivity contribution >= 4 is 26.5 Å². The normalized spacial score (nSPS) is 23.9. The third-order valence-electron chi connectivity index (χ3n) is 5.48. The lowest BCUT2D eigenvalue weighted by atomic mass is 10.0. The van der Waals surface area contributed by atoms with E-state index in [0.717, 1.165) is 43.1 Å². The molecule has 2 aliphatic heterocycles. The zero-order valence-electron chi connectivity index (χ0n) is 14.6. The van der Waals surface area contributed by atoms with Gasteiger partial charge in [-0.15, -0.1) is 0 Å². The molecule has 0 spiro atoms. The number of amides is 1. The third kappa shape index (κ3) is 3.59. The number of pyridine rings is 1. The first-order valence-corrected chi connectivity index (χ1v) is 10.9. The second-order valence-corrected chi connectivity index (χ2v) is 9.45. The molecule has 3 heterocycles. The highest BCUT2D eigenvalue weighted by molar-refractivity contribution is 7.91. The number of fused-ring (bicyclic) bond motifs is 1. The zero-order chi connectivity index (χ0) is 18.1. The quantitative estimate of drug-likeness (QED) is 0.884. The van der Waals surface area contributed by atoms with Crippen molar-refractivity contribution in [2.75, 3.05) is 24.6 Å². The predicted octanol–water partition coefficient (Wildman–Crippen LogP) is 1.62. The van der Waals surface area contributed by atoms with E-state index in [0.29, 0.717) is 11.4 Å². The van der Waals surface area contributed by atoms with Crippen molar-refractivity contribution in [3.05, 3.63) is 42.2 Å². The first-order valence-electron chi connectivity index (χ1n) is 9.11. The Kier molecular flexibility index (Phi) is 4.67. The lowest BCUT2D eigenvalue weighted by molar-refractivity contribution is 0.0895. The largest absolute Gasteiger partial charge is 0.348 e. The summed E-state index contributed by atoms with van der Waals surface area (Å²) in [6.07, 6.45) is 4.08. The SMILES string of the molecule is O=C(NC1CCN([C@@H]2CCS(=O)(=O)C2)CC1)c1nccc2ccccc12. The van der Waals surface area contributed by atoms with Gasteiger partial charge in [-0.25, -0.2) is 8.42 Å². The van der Waals surface area contributed by atoms with E-state index in [1.807, 2.05) is 30.3 Å². The van der Waals surface area contributed by atoms with E-state index in [9.17, 15) is 13.2 Å². The van der Waals surface area contributed by atoms with Crippen LogP contribution < -0.4 is 5.32 Å². The molecule has 1 atom stereocenters. The highest BCUT2D eigenvalue weighted by Gasteiger charge is 2.34. The van der Waals surface area contributed by atoms with Crippen molar-refractivity contribution in [2.24, 2.45) is 0 Å². The Morgan fingerprint density at radius 1 is 1.12 bits per heavy atom. The lowest BCUT2D eigenvalue weighted by Crippen LogP contribution is -2.48. The molecular formula is C19H23N3O3S. The van der Waals surface area contributed by atoms with Crippen LogP contribution in [0.1, 0.15) is 29.8 Å². The average molecular weight is 373 g/mol. The maximum atomic E-state index is 12.7. The molecule has 0 saturated carbocycles. The highest BCUT2D eigenvalue weighted by Crippen LogP contribution is 2.22. The summed E-state index contributed by atoms with van der Waals surface area (Å²) in [4.78, 5) is 19.2. The molecule has 138 valence electrons. The van der Waals surface area contributed by atoms with E-state index < -0.39 is 9.84 Å². The molecule has 7 heteroatoms. The molecule has 1 aromatic heterocycles. The molecule has 2 fully saturated rings. The lowest BCUT2D eigenvalue weighted by Gasteiger charge is -2.35. The molecule has 2 saturated heterocycles. The van der Waals surface area contributed by atoms with Crippen LogP contribution in [0.2, 0.25) is 0 Å². The third-order valence-corrected chi connectivity index (χ3v) is 7.23. The average Bonchev–Trinajstić information content (AvgIpc) is 3.01. The van der Waals surface area contributed by atoms with Gasteiger partial charge >= 0.3 is 0 Å². The Morgan fingerprint density at radius 2 is 1.88 bits per heavy atom. The maximum Gasteiger partial charge on any atom is 0.270 e. The van der Waals surface area contributed by atoms with Crippen LogP contribution in [-0.2, 0) is 9.84 Å². The number of piperidine rings is 1. The highest BCUT2D eigenvalue weighted by atomic mass is 32.2. The summed E-state index contributed by atoms with van der Waals surface area (Å²) < 4.78 is 23.3. The summed E-state index contributed by atoms with van der Waals surface area (Å²) in [5, 5.41) is 4.98. The molecule has 1 amide bonds. The molecule has 6 nitrogen and oxygen atoms in total. The van der Waals surface area contributed by atoms with Crippen molar-refractivity contribution in [2.45, 2.75) is 31.3 Å². The number of carbonyl (C=O) groups is 1. The molecule has 26 heavy (non-hydrogen) atoms. The summed E-state index contributed by atoms with van der Waals surface area (Å²) in [6, 6.07) is 9.91. The standard InChI is InChI=1S/C19H23N3O3S/c23-19(18-17-4-2-1-3-14(17)5-9-20-18)21-15-6-10-22(11-7-15)16-8-12-26(24,25)13-16/h1-5,9,15-16H,6-8,10-13H2,(H,21,23)/t16-/m1/s1. The van der Waals surface area contributed by atoms with Crippen molar-refractivity contribution in [3.63, 3.8) is 0 Å². The molecule has 1 aromatic carbocycles. The summed E-state index contributed by atoms with van der Waals surface area (Å²) in [5.74, 6) is 0.453. The van der Waals surface area contributed by atoms with Crippen LogP contribution in [-0.4, -0.2) is 60.9 Å². The fraction of sp³-hybridized carbons (Fsp3) is 0.474. The predicted molar refractivity (Wildman–Crippen MR) is 101 cm³/mol. The first-order chi connectivity index (χ1) is 12.5. The van der Waals surface area contributed by atoms with Crippen LogP contribution >= 0.6 is 0 Å². The van der Waals surface area contributed by atoms with Gasteiger partial charge in [-0.05, 0) is 30.7 Å². The molecule has 4 rings (SSSR count). The van der Waals surface area contributed by atoms with Crippen molar-refractivity contribution < 1.29 is 13.2 Å². The molecule has 0 bridgehead atoms. The zero-order valence-corrected chi connectivity index (χ0v) is 15.4. The Morgan fingerprint density at radius 3 is 2.62 bits per heavy atom. The molecule has 2 aliphatic rings. The fourth-order valence-corrected chi connectivity index (χ4v) is 5.79. The second-order valence-electron chi connectivity index (χ2n) is 7.22. The van der Waals surface area contributed by atoms with Gasteiger partial charge in [0.05, 0.1) is 11.5 Å². The number of sulfone groups is 1. The topological polar surface area (TPSA) is 79.4 Å². The van der Waals surface area contributed by atoms with E-state index in [1.54, 1.807) is 6.20 Å².